The van der Waals surface area contributed by atoms with Gasteiger partial charge in [0.05, 0.1) is 12.7 Å². The van der Waals surface area contributed by atoms with Crippen LogP contribution in [-0.2, 0) is 99.6 Å². The lowest BCUT2D eigenvalue weighted by Gasteiger charge is -2.21. The minimum Gasteiger partial charge on any atom is -0.430 e. The maximum atomic E-state index is 11.6. The molecule has 0 N–H and O–H groups in total. The fraction of sp³-hybridized carbons (Fsp3) is 0.818. The molecule has 0 bridgehead atoms. The lowest BCUT2D eigenvalue weighted by Crippen LogP contribution is -2.30. The van der Waals surface area contributed by atoms with Crippen LogP contribution in [0.15, 0.2) is 0 Å². The molecule has 0 amide bonds. The first-order chi connectivity index (χ1) is 38.3. The normalized spacial score (nSPS) is 14.7. The van der Waals surface area contributed by atoms with E-state index in [-0.39, 0.29) is 45.8 Å². The van der Waals surface area contributed by atoms with E-state index in [1.807, 2.05) is 0 Å². The van der Waals surface area contributed by atoms with Crippen molar-refractivity contribution in [1.29, 1.82) is 0 Å². The molecule has 1 heterocycles. The zero-order chi connectivity index (χ0) is 67.3. The topological polar surface area (TPSA) is 366 Å². The van der Waals surface area contributed by atoms with E-state index in [1.54, 1.807) is 125 Å². The third-order valence-corrected chi connectivity index (χ3v) is 7.24. The monoisotopic (exact) mass is 1240 g/mol. The molecule has 7 unspecified atom stereocenters. The highest BCUT2D eigenvalue weighted by Gasteiger charge is 2.26. The van der Waals surface area contributed by atoms with Crippen molar-refractivity contribution in [3.63, 3.8) is 0 Å². The molecule has 1 aliphatic rings. The maximum absolute atomic E-state index is 11.6. The Labute approximate surface area is 498 Å². The fourth-order valence-corrected chi connectivity index (χ4v) is 4.16. The number of carbonyl (C=O) groups excluding carboxylic acids is 11. The standard InChI is InChI=1S/3C17H30O9.C3H6O.CO2/c1-11(10-22-14(19)25-16(3,4)5)23-13(18)21-9-12(2)24-15(20)26-17(6,7)8;1-11(9-21-13(18)25-16(3,4)5)23-15(20)24-12(2)10-22-14(19)26-17(6,7)8;1-11(23-14(19)25-16(3,4)5)9-21-13(18)22-10-12(2)24-15(20)26-17(6,7)8;1-3-2-4-3;2-1-3/h3*11-12H,9-10H2,1-8H3;3H,2H2,1H3;. The van der Waals surface area contributed by atoms with Gasteiger partial charge in [-0.2, -0.15) is 9.59 Å². The smallest absolute Gasteiger partial charge is 0.430 e. The summed E-state index contributed by atoms with van der Waals surface area (Å²) in [6.45, 7) is 41.6. The Kier molecular flexibility index (Phi) is 40.6. The summed E-state index contributed by atoms with van der Waals surface area (Å²) in [6.07, 6.45) is -11.6. The van der Waals surface area contributed by atoms with Gasteiger partial charge in [0, 0.05) is 0 Å². The molecule has 1 saturated heterocycles. The lowest BCUT2D eigenvalue weighted by molar-refractivity contribution is -0.191. The van der Waals surface area contributed by atoms with E-state index in [1.165, 1.54) is 41.5 Å². The Hall–Kier alpha value is -7.23. The summed E-state index contributed by atoms with van der Waals surface area (Å²) in [5.74, 6) is 0. The van der Waals surface area contributed by atoms with E-state index in [9.17, 15) is 43.2 Å². The molecule has 496 valence electrons. The first-order valence-electron chi connectivity index (χ1n) is 26.7. The maximum Gasteiger partial charge on any atom is 0.509 e. The summed E-state index contributed by atoms with van der Waals surface area (Å²) in [5, 5.41) is 0. The van der Waals surface area contributed by atoms with Gasteiger partial charge in [-0.1, -0.05) is 0 Å². The second kappa shape index (κ2) is 40.9. The molecule has 30 heteroatoms. The molecule has 0 spiro atoms. The molecule has 85 heavy (non-hydrogen) atoms. The Morgan fingerprint density at radius 3 is 0.635 bits per heavy atom. The van der Waals surface area contributed by atoms with Gasteiger partial charge in [-0.15, -0.1) is 0 Å². The van der Waals surface area contributed by atoms with Crippen LogP contribution in [-0.4, -0.2) is 184 Å². The first kappa shape index (κ1) is 84.2. The van der Waals surface area contributed by atoms with Crippen molar-refractivity contribution >= 4 is 61.5 Å². The number of hydrogen-bond donors (Lipinski definition) is 0. The Balaban J connectivity index is -0.000000545. The summed E-state index contributed by atoms with van der Waals surface area (Å²) < 4.78 is 92.9. The number of ether oxygens (including phenoxy) is 19. The van der Waals surface area contributed by atoms with Crippen LogP contribution in [0.4, 0.5) is 43.2 Å². The van der Waals surface area contributed by atoms with Crippen LogP contribution in [0.5, 0.6) is 0 Å². The first-order valence-corrected chi connectivity index (χ1v) is 26.7. The van der Waals surface area contributed by atoms with Crippen molar-refractivity contribution in [3.8, 4) is 0 Å². The van der Waals surface area contributed by atoms with Gasteiger partial charge in [0.1, 0.15) is 110 Å². The molecule has 1 fully saturated rings. The molecule has 0 aromatic carbocycles. The van der Waals surface area contributed by atoms with Crippen molar-refractivity contribution in [2.45, 2.75) is 249 Å². The van der Waals surface area contributed by atoms with E-state index in [0.717, 1.165) is 6.61 Å². The molecule has 0 aliphatic carbocycles. The van der Waals surface area contributed by atoms with Gasteiger partial charge in [0.25, 0.3) is 0 Å². The predicted octanol–water partition coefficient (Wildman–Crippen LogP) is 11.3. The molecule has 30 nitrogen and oxygen atoms in total. The van der Waals surface area contributed by atoms with Gasteiger partial charge in [0.2, 0.25) is 0 Å². The highest BCUT2D eigenvalue weighted by molar-refractivity contribution is 5.64. The lowest BCUT2D eigenvalue weighted by atomic mass is 10.2. The zero-order valence-electron chi connectivity index (χ0n) is 54.2. The van der Waals surface area contributed by atoms with Gasteiger partial charge in [0.15, 0.2) is 0 Å². The molecule has 0 radical (unpaired) electrons. The molecular weight excluding hydrogens is 1140 g/mol. The minimum atomic E-state index is -0.982. The number of rotatable bonds is 18. The van der Waals surface area contributed by atoms with E-state index in [0.29, 0.717) is 6.10 Å². The van der Waals surface area contributed by atoms with Crippen molar-refractivity contribution in [1.82, 2.24) is 0 Å². The largest absolute Gasteiger partial charge is 0.509 e. The van der Waals surface area contributed by atoms with Crippen molar-refractivity contribution in [2.75, 3.05) is 46.2 Å². The number of hydrogen-bond acceptors (Lipinski definition) is 30. The van der Waals surface area contributed by atoms with Crippen molar-refractivity contribution in [2.24, 2.45) is 0 Å². The Bertz CT molecular complexity index is 1940. The van der Waals surface area contributed by atoms with Gasteiger partial charge in [-0.05, 0) is 173 Å². The SMILES string of the molecule is CC(COC(=O)OC(C)(C)C)OC(=O)OC(C)COC(=O)OC(C)(C)C.CC(COC(=O)OC(C)(C)C)OC(=O)OCC(C)OC(=O)OC(C)(C)C.CC(COC(=O)OCC(C)OC(=O)OC(C)(C)C)OC(=O)OC(C)(C)C.CC1CO1.O=C=O. The van der Waals surface area contributed by atoms with E-state index >= 15 is 0 Å². The second-order valence-corrected chi connectivity index (χ2v) is 24.2. The molecule has 1 aliphatic heterocycles. The summed E-state index contributed by atoms with van der Waals surface area (Å²) in [5.41, 5.74) is -4.07. The Morgan fingerprint density at radius 2 is 0.459 bits per heavy atom. The van der Waals surface area contributed by atoms with Crippen molar-refractivity contribution < 1.29 is 143 Å². The number of epoxide rings is 1. The average Bonchev–Trinajstić information content (AvgIpc) is 4.06. The van der Waals surface area contributed by atoms with Gasteiger partial charge in [-0.3, -0.25) is 0 Å². The van der Waals surface area contributed by atoms with Gasteiger partial charge >= 0.3 is 61.5 Å². The van der Waals surface area contributed by atoms with Crippen LogP contribution >= 0.6 is 0 Å². The average molecular weight is 1240 g/mol. The minimum absolute atomic E-state index is 0.187. The molecule has 0 aromatic heterocycles. The van der Waals surface area contributed by atoms with E-state index in [4.69, 9.17) is 99.6 Å². The Morgan fingerprint density at radius 1 is 0.318 bits per heavy atom. The second-order valence-electron chi connectivity index (χ2n) is 24.2. The molecule has 0 saturated carbocycles. The quantitative estimate of drug-likeness (QED) is 0.0699. The van der Waals surface area contributed by atoms with E-state index < -0.39 is 126 Å². The highest BCUT2D eigenvalue weighted by atomic mass is 16.8. The molecule has 0 aromatic rings. The summed E-state index contributed by atoms with van der Waals surface area (Å²) >= 11 is 0. The van der Waals surface area contributed by atoms with Crippen LogP contribution in [0, 0.1) is 0 Å². The van der Waals surface area contributed by atoms with Crippen LogP contribution in [0.1, 0.15) is 173 Å². The summed E-state index contributed by atoms with van der Waals surface area (Å²) in [7, 11) is 0. The van der Waals surface area contributed by atoms with E-state index in [2.05, 4.69) is 6.92 Å². The third-order valence-electron chi connectivity index (χ3n) is 7.24. The predicted molar refractivity (Wildman–Crippen MR) is 293 cm³/mol. The summed E-state index contributed by atoms with van der Waals surface area (Å²) in [4.78, 5) is 119. The van der Waals surface area contributed by atoms with Crippen LogP contribution in [0.2, 0.25) is 0 Å². The highest BCUT2D eigenvalue weighted by Crippen LogP contribution is 2.15. The van der Waals surface area contributed by atoms with Crippen LogP contribution in [0.25, 0.3) is 0 Å². The van der Waals surface area contributed by atoms with Gasteiger partial charge < -0.3 is 90.0 Å². The fourth-order valence-electron chi connectivity index (χ4n) is 4.16. The van der Waals surface area contributed by atoms with Crippen molar-refractivity contribution in [3.05, 3.63) is 0 Å². The zero-order valence-corrected chi connectivity index (χ0v) is 54.2. The van der Waals surface area contributed by atoms with Crippen LogP contribution < -0.4 is 0 Å². The third kappa shape index (κ3) is 67.4. The molecule has 1 rings (SSSR count). The molecule has 7 atom stereocenters. The number of carbonyl (C=O) groups is 9. The summed E-state index contributed by atoms with van der Waals surface area (Å²) in [6, 6.07) is 0. The van der Waals surface area contributed by atoms with Crippen LogP contribution in [0.3, 0.4) is 0 Å². The van der Waals surface area contributed by atoms with Gasteiger partial charge in [-0.25, -0.2) is 43.2 Å². The molecular formula is C55H96O30.